The van der Waals surface area contributed by atoms with Gasteiger partial charge in [0.15, 0.2) is 0 Å². The third kappa shape index (κ3) is 3.71. The number of benzene rings is 3. The summed E-state index contributed by atoms with van der Waals surface area (Å²) in [7, 11) is 2.02. The summed E-state index contributed by atoms with van der Waals surface area (Å²) in [6.45, 7) is 0. The van der Waals surface area contributed by atoms with Crippen molar-refractivity contribution >= 4 is 32.9 Å². The van der Waals surface area contributed by atoms with Gasteiger partial charge in [0.2, 0.25) is 0 Å². The van der Waals surface area contributed by atoms with Crippen molar-refractivity contribution in [3.63, 3.8) is 0 Å². The first-order chi connectivity index (χ1) is 13.6. The van der Waals surface area contributed by atoms with Gasteiger partial charge >= 0.3 is 0 Å². The maximum absolute atomic E-state index is 12.9. The predicted molar refractivity (Wildman–Crippen MR) is 115 cm³/mol. The molecule has 5 heteroatoms. The Hall–Kier alpha value is -2.92. The third-order valence-corrected chi connectivity index (χ3v) is 5.58. The number of amides is 1. The number of hydrogen-bond donors (Lipinski definition) is 1. The van der Waals surface area contributed by atoms with Crippen molar-refractivity contribution in [1.29, 1.82) is 0 Å². The number of fused-ring (bicyclic) bond motifs is 1. The number of carbonyl (C=O) groups is 1. The summed E-state index contributed by atoms with van der Waals surface area (Å²) >= 11 is 3.47. The van der Waals surface area contributed by atoms with E-state index in [9.17, 15) is 4.79 Å². The van der Waals surface area contributed by atoms with Gasteiger partial charge in [-0.2, -0.15) is 0 Å². The number of aryl methyl sites for hydroxylation is 1. The lowest BCUT2D eigenvalue weighted by atomic mass is 10.0. The molecule has 28 heavy (non-hydrogen) atoms. The molecule has 0 aliphatic rings. The van der Waals surface area contributed by atoms with Gasteiger partial charge < -0.3 is 9.88 Å². The van der Waals surface area contributed by atoms with E-state index in [1.54, 1.807) is 0 Å². The zero-order valence-corrected chi connectivity index (χ0v) is 17.1. The lowest BCUT2D eigenvalue weighted by Crippen LogP contribution is -2.30. The normalized spacial score (nSPS) is 12.1. The van der Waals surface area contributed by atoms with Gasteiger partial charge in [-0.15, -0.1) is 0 Å². The van der Waals surface area contributed by atoms with Gasteiger partial charge in [0.25, 0.3) is 5.91 Å². The Kier molecular flexibility index (Phi) is 5.26. The van der Waals surface area contributed by atoms with Crippen LogP contribution < -0.4 is 5.32 Å². The number of para-hydroxylation sites is 2. The molecule has 4 rings (SSSR count). The Morgan fingerprint density at radius 2 is 1.68 bits per heavy atom. The van der Waals surface area contributed by atoms with Crippen LogP contribution in [0.4, 0.5) is 0 Å². The molecule has 1 atom stereocenters. The highest BCUT2D eigenvalue weighted by Gasteiger charge is 2.20. The number of nitrogens with one attached hydrogen (secondary N) is 1. The number of aromatic nitrogens is 2. The molecule has 1 heterocycles. The fourth-order valence-corrected chi connectivity index (χ4v) is 3.84. The van der Waals surface area contributed by atoms with E-state index in [1.807, 2.05) is 79.8 Å². The van der Waals surface area contributed by atoms with Crippen LogP contribution in [0.2, 0.25) is 0 Å². The van der Waals surface area contributed by atoms with Gasteiger partial charge in [0.1, 0.15) is 5.82 Å². The molecule has 0 saturated heterocycles. The Labute approximate surface area is 172 Å². The molecule has 0 bridgehead atoms. The summed E-state index contributed by atoms with van der Waals surface area (Å²) in [5, 5.41) is 3.19. The predicted octanol–water partition coefficient (Wildman–Crippen LogP) is 5.05. The van der Waals surface area contributed by atoms with Crippen molar-refractivity contribution in [2.24, 2.45) is 7.05 Å². The van der Waals surface area contributed by atoms with Gasteiger partial charge in [0, 0.05) is 17.9 Å². The SMILES string of the molecule is Cn1c(C[C@H](NC(=O)c2ccccc2Br)c2ccccc2)nc2ccccc21. The molecule has 4 nitrogen and oxygen atoms in total. The lowest BCUT2D eigenvalue weighted by Gasteiger charge is -2.20. The summed E-state index contributed by atoms with van der Waals surface area (Å²) in [6, 6.07) is 25.4. The molecule has 1 aromatic heterocycles. The highest BCUT2D eigenvalue weighted by molar-refractivity contribution is 9.10. The number of nitrogens with zero attached hydrogens (tertiary/aromatic N) is 2. The van der Waals surface area contributed by atoms with Crippen molar-refractivity contribution in [1.82, 2.24) is 14.9 Å². The van der Waals surface area contributed by atoms with E-state index in [1.165, 1.54) is 0 Å². The fourth-order valence-electron chi connectivity index (χ4n) is 3.38. The molecular formula is C23H20BrN3O. The van der Waals surface area contributed by atoms with Crippen LogP contribution in [0.5, 0.6) is 0 Å². The summed E-state index contributed by atoms with van der Waals surface area (Å²) in [6.07, 6.45) is 0.603. The number of halogens is 1. The molecule has 0 radical (unpaired) electrons. The van der Waals surface area contributed by atoms with Crippen molar-refractivity contribution in [3.05, 3.63) is 100 Å². The summed E-state index contributed by atoms with van der Waals surface area (Å²) in [5.74, 6) is 0.822. The minimum Gasteiger partial charge on any atom is -0.345 e. The van der Waals surface area contributed by atoms with Gasteiger partial charge in [0.05, 0.1) is 22.6 Å². The fraction of sp³-hybridized carbons (Fsp3) is 0.130. The topological polar surface area (TPSA) is 46.9 Å². The van der Waals surface area contributed by atoms with Crippen molar-refractivity contribution in [3.8, 4) is 0 Å². The average Bonchev–Trinajstić information content (AvgIpc) is 3.04. The quantitative estimate of drug-likeness (QED) is 0.478. The third-order valence-electron chi connectivity index (χ3n) is 4.89. The molecule has 0 spiro atoms. The second-order valence-corrected chi connectivity index (χ2v) is 7.55. The van der Waals surface area contributed by atoms with Crippen LogP contribution in [0.1, 0.15) is 27.8 Å². The molecule has 140 valence electrons. The van der Waals surface area contributed by atoms with Gasteiger partial charge in [-0.25, -0.2) is 4.98 Å². The monoisotopic (exact) mass is 433 g/mol. The maximum atomic E-state index is 12.9. The van der Waals surface area contributed by atoms with Gasteiger partial charge in [-0.3, -0.25) is 4.79 Å². The Morgan fingerprint density at radius 3 is 2.43 bits per heavy atom. The summed E-state index contributed by atoms with van der Waals surface area (Å²) in [5.41, 5.74) is 3.72. The van der Waals surface area contributed by atoms with E-state index < -0.39 is 0 Å². The molecule has 0 aliphatic heterocycles. The minimum absolute atomic E-state index is 0.111. The molecule has 0 fully saturated rings. The van der Waals surface area contributed by atoms with Crippen molar-refractivity contribution < 1.29 is 4.79 Å². The second-order valence-electron chi connectivity index (χ2n) is 6.70. The summed E-state index contributed by atoms with van der Waals surface area (Å²) in [4.78, 5) is 17.7. The van der Waals surface area contributed by atoms with Crippen molar-refractivity contribution in [2.45, 2.75) is 12.5 Å². The van der Waals surface area contributed by atoms with Crippen LogP contribution in [0.25, 0.3) is 11.0 Å². The van der Waals surface area contributed by atoms with Crippen LogP contribution in [-0.2, 0) is 13.5 Å². The standard InChI is InChI=1S/C23H20BrN3O/c1-27-21-14-8-7-13-19(21)25-22(27)15-20(16-9-3-2-4-10-16)26-23(28)17-11-5-6-12-18(17)24/h2-14,20H,15H2,1H3,(H,26,28)/t20-/m0/s1. The van der Waals surface area contributed by atoms with Gasteiger partial charge in [-0.05, 0) is 45.8 Å². The number of rotatable bonds is 5. The van der Waals surface area contributed by atoms with E-state index in [4.69, 9.17) is 4.98 Å². The molecule has 1 amide bonds. The van der Waals surface area contributed by atoms with E-state index in [2.05, 4.69) is 31.9 Å². The molecule has 3 aromatic carbocycles. The van der Waals surface area contributed by atoms with E-state index in [-0.39, 0.29) is 11.9 Å². The molecule has 0 saturated carbocycles. The zero-order chi connectivity index (χ0) is 19.5. The van der Waals surface area contributed by atoms with Gasteiger partial charge in [-0.1, -0.05) is 54.6 Å². The molecule has 1 N–H and O–H groups in total. The Morgan fingerprint density at radius 1 is 1.00 bits per heavy atom. The summed E-state index contributed by atoms with van der Waals surface area (Å²) < 4.78 is 2.87. The lowest BCUT2D eigenvalue weighted by molar-refractivity contribution is 0.0935. The van der Waals surface area contributed by atoms with Crippen LogP contribution in [0.3, 0.4) is 0 Å². The van der Waals surface area contributed by atoms with Crippen LogP contribution in [0.15, 0.2) is 83.3 Å². The first kappa shape index (κ1) is 18.4. The highest BCUT2D eigenvalue weighted by atomic mass is 79.9. The molecule has 0 aliphatic carbocycles. The first-order valence-electron chi connectivity index (χ1n) is 9.14. The number of imidazole rings is 1. The largest absolute Gasteiger partial charge is 0.345 e. The first-order valence-corrected chi connectivity index (χ1v) is 9.93. The van der Waals surface area contributed by atoms with E-state index in [0.717, 1.165) is 26.9 Å². The average molecular weight is 434 g/mol. The number of hydrogen-bond acceptors (Lipinski definition) is 2. The number of carbonyl (C=O) groups excluding carboxylic acids is 1. The molecule has 0 unspecified atom stereocenters. The van der Waals surface area contributed by atoms with E-state index >= 15 is 0 Å². The van der Waals surface area contributed by atoms with E-state index in [0.29, 0.717) is 12.0 Å². The molecule has 4 aromatic rings. The highest BCUT2D eigenvalue weighted by Crippen LogP contribution is 2.23. The second kappa shape index (κ2) is 7.98. The van der Waals surface area contributed by atoms with Crippen LogP contribution in [-0.4, -0.2) is 15.5 Å². The van der Waals surface area contributed by atoms with Crippen molar-refractivity contribution in [2.75, 3.05) is 0 Å². The minimum atomic E-state index is -0.184. The van der Waals surface area contributed by atoms with Crippen LogP contribution in [0, 0.1) is 0 Å². The smallest absolute Gasteiger partial charge is 0.252 e. The molecular weight excluding hydrogens is 414 g/mol. The maximum Gasteiger partial charge on any atom is 0.252 e. The Balaban J connectivity index is 1.67. The van der Waals surface area contributed by atoms with Crippen LogP contribution >= 0.6 is 15.9 Å². The Bertz CT molecular complexity index is 1120. The zero-order valence-electron chi connectivity index (χ0n) is 15.5.